The maximum Gasteiger partial charge on any atom is 0.253 e. The average Bonchev–Trinajstić information content (AvgIpc) is 2.68. The third-order valence-electron chi connectivity index (χ3n) is 4.32. The standard InChI is InChI=1S/C22H29ClN4O.HI/c1-5-24-22(26-16(2)18-9-11-20(23)12-10-18)25-14-13-17-7-6-8-19(15-17)21(28)27(3)4;/h6-12,15-16H,5,13-14H2,1-4H3,(H2,24,25,26);1H. The Morgan fingerprint density at radius 1 is 1.17 bits per heavy atom. The topological polar surface area (TPSA) is 56.7 Å². The minimum absolute atomic E-state index is 0. The van der Waals surface area contributed by atoms with Gasteiger partial charge in [-0.15, -0.1) is 24.0 Å². The van der Waals surface area contributed by atoms with Crippen molar-refractivity contribution in [3.8, 4) is 0 Å². The van der Waals surface area contributed by atoms with E-state index in [0.717, 1.165) is 35.1 Å². The highest BCUT2D eigenvalue weighted by molar-refractivity contribution is 14.0. The van der Waals surface area contributed by atoms with E-state index in [1.165, 1.54) is 0 Å². The molecule has 0 bridgehead atoms. The number of rotatable bonds is 7. The molecule has 2 aromatic rings. The molecule has 158 valence electrons. The Bertz CT molecular complexity index is 809. The third-order valence-corrected chi connectivity index (χ3v) is 4.57. The first-order valence-corrected chi connectivity index (χ1v) is 9.89. The summed E-state index contributed by atoms with van der Waals surface area (Å²) in [6, 6.07) is 15.6. The summed E-state index contributed by atoms with van der Waals surface area (Å²) in [7, 11) is 3.52. The largest absolute Gasteiger partial charge is 0.357 e. The Kier molecular flexibility index (Phi) is 11.0. The molecule has 29 heavy (non-hydrogen) atoms. The van der Waals surface area contributed by atoms with E-state index in [2.05, 4.69) is 22.5 Å². The summed E-state index contributed by atoms with van der Waals surface area (Å²) in [6.45, 7) is 5.54. The predicted octanol–water partition coefficient (Wildman–Crippen LogP) is 4.52. The van der Waals surface area contributed by atoms with Gasteiger partial charge in [0.1, 0.15) is 0 Å². The van der Waals surface area contributed by atoms with Crippen LogP contribution in [0.4, 0.5) is 0 Å². The number of carbonyl (C=O) groups is 1. The average molecular weight is 529 g/mol. The fourth-order valence-electron chi connectivity index (χ4n) is 2.77. The molecule has 2 aromatic carbocycles. The summed E-state index contributed by atoms with van der Waals surface area (Å²) < 4.78 is 0. The quantitative estimate of drug-likeness (QED) is 0.316. The van der Waals surface area contributed by atoms with Crippen LogP contribution in [0.3, 0.4) is 0 Å². The molecule has 7 heteroatoms. The van der Waals surface area contributed by atoms with Crippen LogP contribution in [0.5, 0.6) is 0 Å². The van der Waals surface area contributed by atoms with Crippen molar-refractivity contribution in [2.24, 2.45) is 4.99 Å². The lowest BCUT2D eigenvalue weighted by atomic mass is 10.1. The van der Waals surface area contributed by atoms with Crippen LogP contribution in [0.1, 0.15) is 41.4 Å². The number of halogens is 2. The number of hydrogen-bond donors (Lipinski definition) is 2. The molecule has 1 amide bonds. The Labute approximate surface area is 196 Å². The molecule has 5 nitrogen and oxygen atoms in total. The molecule has 0 fully saturated rings. The van der Waals surface area contributed by atoms with Gasteiger partial charge in [-0.2, -0.15) is 0 Å². The van der Waals surface area contributed by atoms with E-state index in [4.69, 9.17) is 11.6 Å². The van der Waals surface area contributed by atoms with Crippen molar-refractivity contribution in [2.45, 2.75) is 26.3 Å². The molecule has 0 aliphatic rings. The van der Waals surface area contributed by atoms with Gasteiger partial charge in [0, 0.05) is 37.8 Å². The lowest BCUT2D eigenvalue weighted by molar-refractivity contribution is 0.0827. The Hall–Kier alpha value is -1.80. The fourth-order valence-corrected chi connectivity index (χ4v) is 2.90. The zero-order chi connectivity index (χ0) is 20.5. The van der Waals surface area contributed by atoms with Gasteiger partial charge in [-0.3, -0.25) is 9.79 Å². The van der Waals surface area contributed by atoms with Crippen molar-refractivity contribution in [3.63, 3.8) is 0 Å². The Balaban J connectivity index is 0.00000420. The van der Waals surface area contributed by atoms with Crippen LogP contribution in [-0.4, -0.2) is 44.0 Å². The maximum absolute atomic E-state index is 12.1. The van der Waals surface area contributed by atoms with Crippen molar-refractivity contribution < 1.29 is 4.79 Å². The number of carbonyl (C=O) groups excluding carboxylic acids is 1. The van der Waals surface area contributed by atoms with Crippen molar-refractivity contribution in [3.05, 3.63) is 70.2 Å². The lowest BCUT2D eigenvalue weighted by Crippen LogP contribution is -2.38. The molecule has 0 heterocycles. The number of guanidine groups is 1. The lowest BCUT2D eigenvalue weighted by Gasteiger charge is -2.18. The fraction of sp³-hybridized carbons (Fsp3) is 0.364. The molecule has 0 aliphatic heterocycles. The van der Waals surface area contributed by atoms with Gasteiger partial charge in [-0.05, 0) is 55.7 Å². The zero-order valence-electron chi connectivity index (χ0n) is 17.4. The minimum Gasteiger partial charge on any atom is -0.357 e. The highest BCUT2D eigenvalue weighted by atomic mass is 127. The number of hydrogen-bond acceptors (Lipinski definition) is 2. The molecule has 2 N–H and O–H groups in total. The van der Waals surface area contributed by atoms with Gasteiger partial charge in [-0.1, -0.05) is 35.9 Å². The van der Waals surface area contributed by atoms with E-state index in [1.54, 1.807) is 19.0 Å². The van der Waals surface area contributed by atoms with E-state index < -0.39 is 0 Å². The van der Waals surface area contributed by atoms with Crippen LogP contribution in [0, 0.1) is 0 Å². The molecule has 0 spiro atoms. The summed E-state index contributed by atoms with van der Waals surface area (Å²) in [4.78, 5) is 18.4. The van der Waals surface area contributed by atoms with E-state index in [0.29, 0.717) is 12.1 Å². The van der Waals surface area contributed by atoms with Gasteiger partial charge in [0.2, 0.25) is 0 Å². The van der Waals surface area contributed by atoms with Crippen LogP contribution in [-0.2, 0) is 6.42 Å². The van der Waals surface area contributed by atoms with E-state index in [9.17, 15) is 4.79 Å². The van der Waals surface area contributed by atoms with Gasteiger partial charge in [0.15, 0.2) is 5.96 Å². The SMILES string of the molecule is CCNC(=NCCc1cccc(C(=O)N(C)C)c1)NC(C)c1ccc(Cl)cc1.I. The van der Waals surface area contributed by atoms with Gasteiger partial charge >= 0.3 is 0 Å². The van der Waals surface area contributed by atoms with Crippen molar-refractivity contribution in [1.82, 2.24) is 15.5 Å². The smallest absolute Gasteiger partial charge is 0.253 e. The molecule has 1 unspecified atom stereocenters. The Morgan fingerprint density at radius 3 is 2.48 bits per heavy atom. The second kappa shape index (κ2) is 12.7. The van der Waals surface area contributed by atoms with E-state index in [-0.39, 0.29) is 35.9 Å². The van der Waals surface area contributed by atoms with Gasteiger partial charge < -0.3 is 15.5 Å². The molecule has 0 aliphatic carbocycles. The Morgan fingerprint density at radius 2 is 1.86 bits per heavy atom. The summed E-state index contributed by atoms with van der Waals surface area (Å²) in [5.41, 5.74) is 2.94. The number of nitrogens with zero attached hydrogens (tertiary/aromatic N) is 2. The molecular weight excluding hydrogens is 499 g/mol. The molecule has 0 saturated heterocycles. The van der Waals surface area contributed by atoms with Crippen LogP contribution >= 0.6 is 35.6 Å². The monoisotopic (exact) mass is 528 g/mol. The molecule has 0 radical (unpaired) electrons. The molecule has 1 atom stereocenters. The normalized spacial score (nSPS) is 12.0. The first-order valence-electron chi connectivity index (χ1n) is 9.51. The molecule has 2 rings (SSSR count). The molecule has 0 saturated carbocycles. The second-order valence-corrected chi connectivity index (χ2v) is 7.26. The van der Waals surface area contributed by atoms with E-state index >= 15 is 0 Å². The van der Waals surface area contributed by atoms with Gasteiger partial charge in [0.25, 0.3) is 5.91 Å². The minimum atomic E-state index is 0. The zero-order valence-corrected chi connectivity index (χ0v) is 20.5. The van der Waals surface area contributed by atoms with Crippen LogP contribution in [0.2, 0.25) is 5.02 Å². The second-order valence-electron chi connectivity index (χ2n) is 6.83. The van der Waals surface area contributed by atoms with Crippen molar-refractivity contribution in [2.75, 3.05) is 27.2 Å². The van der Waals surface area contributed by atoms with Crippen LogP contribution in [0.25, 0.3) is 0 Å². The number of benzene rings is 2. The van der Waals surface area contributed by atoms with Crippen LogP contribution in [0.15, 0.2) is 53.5 Å². The summed E-state index contributed by atoms with van der Waals surface area (Å²) >= 11 is 5.97. The summed E-state index contributed by atoms with van der Waals surface area (Å²) in [5, 5.41) is 7.43. The molecule has 0 aromatic heterocycles. The first kappa shape index (κ1) is 25.2. The number of nitrogens with one attached hydrogen (secondary N) is 2. The maximum atomic E-state index is 12.1. The number of amides is 1. The van der Waals surface area contributed by atoms with Crippen LogP contribution < -0.4 is 10.6 Å². The van der Waals surface area contributed by atoms with Gasteiger partial charge in [0.05, 0.1) is 6.04 Å². The third kappa shape index (κ3) is 8.22. The van der Waals surface area contributed by atoms with Crippen molar-refractivity contribution in [1.29, 1.82) is 0 Å². The highest BCUT2D eigenvalue weighted by Gasteiger charge is 2.09. The number of aliphatic imine (C=N–C) groups is 1. The first-order chi connectivity index (χ1) is 13.4. The summed E-state index contributed by atoms with van der Waals surface area (Å²) in [5.74, 6) is 0.780. The van der Waals surface area contributed by atoms with Gasteiger partial charge in [-0.25, -0.2) is 0 Å². The van der Waals surface area contributed by atoms with E-state index in [1.807, 2.05) is 55.5 Å². The predicted molar refractivity (Wildman–Crippen MR) is 133 cm³/mol. The van der Waals surface area contributed by atoms with Crippen molar-refractivity contribution >= 4 is 47.4 Å². The molecular formula is C22H30ClIN4O. The summed E-state index contributed by atoms with van der Waals surface area (Å²) in [6.07, 6.45) is 0.764. The highest BCUT2D eigenvalue weighted by Crippen LogP contribution is 2.16.